The van der Waals surface area contributed by atoms with E-state index < -0.39 is 0 Å². The third kappa shape index (κ3) is 5.83. The fraction of sp³-hybridized carbons (Fsp3) is 0.529. The highest BCUT2D eigenvalue weighted by Crippen LogP contribution is 2.14. The third-order valence-corrected chi connectivity index (χ3v) is 4.42. The predicted molar refractivity (Wildman–Crippen MR) is 86.2 cm³/mol. The Hall–Kier alpha value is -1.22. The molecule has 3 heteroatoms. The van der Waals surface area contributed by atoms with Crippen LogP contribution in [0.2, 0.25) is 0 Å². The van der Waals surface area contributed by atoms with E-state index in [0.717, 1.165) is 11.4 Å². The van der Waals surface area contributed by atoms with Crippen molar-refractivity contribution in [2.24, 2.45) is 0 Å². The number of unbranched alkanes of at least 4 members (excludes halogenated alkanes) is 5. The Morgan fingerprint density at radius 3 is 2.10 bits per heavy atom. The van der Waals surface area contributed by atoms with Gasteiger partial charge in [-0.25, -0.2) is 0 Å². The fourth-order valence-electron chi connectivity index (χ4n) is 2.40. The first kappa shape index (κ1) is 15.2. The predicted octanol–water partition coefficient (Wildman–Crippen LogP) is 4.97. The van der Waals surface area contributed by atoms with E-state index in [9.17, 15) is 0 Å². The molecule has 0 fully saturated rings. The normalized spacial score (nSPS) is 10.8. The van der Waals surface area contributed by atoms with Gasteiger partial charge < -0.3 is 0 Å². The van der Waals surface area contributed by atoms with E-state index in [4.69, 9.17) is 0 Å². The highest BCUT2D eigenvalue weighted by atomic mass is 32.1. The summed E-state index contributed by atoms with van der Waals surface area (Å²) in [6, 6.07) is 10.8. The van der Waals surface area contributed by atoms with Gasteiger partial charge in [0.2, 0.25) is 0 Å². The largest absolute Gasteiger partial charge is 0.144 e. The van der Waals surface area contributed by atoms with Gasteiger partial charge in [0.15, 0.2) is 0 Å². The van der Waals surface area contributed by atoms with E-state index in [2.05, 4.69) is 40.5 Å². The Bertz CT molecular complexity index is 479. The molecule has 108 valence electrons. The average molecular weight is 288 g/mol. The van der Waals surface area contributed by atoms with Crippen molar-refractivity contribution in [2.75, 3.05) is 0 Å². The maximum absolute atomic E-state index is 4.17. The van der Waals surface area contributed by atoms with Crippen molar-refractivity contribution in [2.45, 2.75) is 58.3 Å². The van der Waals surface area contributed by atoms with Crippen molar-refractivity contribution in [1.29, 1.82) is 0 Å². The Morgan fingerprint density at radius 1 is 0.800 bits per heavy atom. The first-order valence-electron chi connectivity index (χ1n) is 7.67. The zero-order valence-corrected chi connectivity index (χ0v) is 13.2. The van der Waals surface area contributed by atoms with E-state index >= 15 is 0 Å². The van der Waals surface area contributed by atoms with Gasteiger partial charge in [-0.1, -0.05) is 56.0 Å². The van der Waals surface area contributed by atoms with Gasteiger partial charge in [-0.3, -0.25) is 0 Å². The van der Waals surface area contributed by atoms with E-state index in [1.807, 2.05) is 6.92 Å². The minimum absolute atomic E-state index is 1.08. The molecule has 2 aromatic rings. The zero-order chi connectivity index (χ0) is 14.0. The summed E-state index contributed by atoms with van der Waals surface area (Å²) in [5, 5.41) is 10.5. The van der Waals surface area contributed by atoms with Crippen LogP contribution in [0.4, 0.5) is 0 Å². The van der Waals surface area contributed by atoms with Gasteiger partial charge in [0.25, 0.3) is 0 Å². The van der Waals surface area contributed by atoms with Crippen molar-refractivity contribution in [3.05, 3.63) is 45.9 Å². The number of rotatable bonds is 9. The number of aromatic nitrogens is 2. The highest BCUT2D eigenvalue weighted by molar-refractivity contribution is 7.11. The van der Waals surface area contributed by atoms with Gasteiger partial charge in [-0.15, -0.1) is 21.5 Å². The molecule has 0 bridgehead atoms. The van der Waals surface area contributed by atoms with Gasteiger partial charge in [-0.2, -0.15) is 0 Å². The number of hydrogen-bond donors (Lipinski definition) is 0. The lowest BCUT2D eigenvalue weighted by atomic mass is 10.0. The minimum Gasteiger partial charge on any atom is -0.144 e. The number of nitrogens with zero attached hydrogens (tertiary/aromatic N) is 2. The van der Waals surface area contributed by atoms with Crippen LogP contribution in [0.3, 0.4) is 0 Å². The molecule has 0 atom stereocenters. The van der Waals surface area contributed by atoms with Crippen LogP contribution in [0, 0.1) is 6.92 Å². The summed E-state index contributed by atoms with van der Waals surface area (Å²) in [4.78, 5) is 0. The lowest BCUT2D eigenvalue weighted by Gasteiger charge is -2.02. The Balaban J connectivity index is 1.44. The summed E-state index contributed by atoms with van der Waals surface area (Å²) >= 11 is 1.74. The van der Waals surface area contributed by atoms with Crippen LogP contribution in [-0.4, -0.2) is 10.2 Å². The van der Waals surface area contributed by atoms with Gasteiger partial charge in [0, 0.05) is 6.42 Å². The van der Waals surface area contributed by atoms with Crippen LogP contribution in [0.25, 0.3) is 0 Å². The SMILES string of the molecule is Cc1nnc(CCCCCCCCc2ccccc2)s1. The monoisotopic (exact) mass is 288 g/mol. The maximum Gasteiger partial charge on any atom is 0.117 e. The van der Waals surface area contributed by atoms with Gasteiger partial charge in [0.05, 0.1) is 0 Å². The van der Waals surface area contributed by atoms with E-state index in [1.165, 1.54) is 55.5 Å². The van der Waals surface area contributed by atoms with Gasteiger partial charge >= 0.3 is 0 Å². The molecule has 0 aliphatic rings. The van der Waals surface area contributed by atoms with Crippen molar-refractivity contribution in [3.63, 3.8) is 0 Å². The zero-order valence-electron chi connectivity index (χ0n) is 12.3. The Kier molecular flexibility index (Phi) is 6.72. The minimum atomic E-state index is 1.08. The Morgan fingerprint density at radius 2 is 1.45 bits per heavy atom. The number of benzene rings is 1. The molecule has 1 aromatic heterocycles. The molecule has 2 rings (SSSR count). The number of hydrogen-bond acceptors (Lipinski definition) is 3. The smallest absolute Gasteiger partial charge is 0.117 e. The molecule has 2 nitrogen and oxygen atoms in total. The molecule has 1 aromatic carbocycles. The molecule has 0 spiro atoms. The lowest BCUT2D eigenvalue weighted by molar-refractivity contribution is 0.592. The quantitative estimate of drug-likeness (QED) is 0.609. The van der Waals surface area contributed by atoms with Crippen molar-refractivity contribution >= 4 is 11.3 Å². The van der Waals surface area contributed by atoms with Crippen molar-refractivity contribution < 1.29 is 0 Å². The molecular weight excluding hydrogens is 264 g/mol. The summed E-state index contributed by atoms with van der Waals surface area (Å²) in [6.45, 7) is 2.02. The van der Waals surface area contributed by atoms with E-state index in [-0.39, 0.29) is 0 Å². The molecular formula is C17H24N2S. The molecule has 0 unspecified atom stereocenters. The second kappa shape index (κ2) is 8.85. The lowest BCUT2D eigenvalue weighted by Crippen LogP contribution is -1.87. The van der Waals surface area contributed by atoms with Crippen molar-refractivity contribution in [1.82, 2.24) is 10.2 Å². The summed E-state index contributed by atoms with van der Waals surface area (Å²) in [5.41, 5.74) is 1.47. The van der Waals surface area contributed by atoms with Crippen LogP contribution < -0.4 is 0 Å². The van der Waals surface area contributed by atoms with Crippen LogP contribution >= 0.6 is 11.3 Å². The molecule has 0 amide bonds. The molecule has 0 radical (unpaired) electrons. The summed E-state index contributed by atoms with van der Waals surface area (Å²) in [5.74, 6) is 0. The van der Waals surface area contributed by atoms with Gasteiger partial charge in [-0.05, 0) is 31.7 Å². The maximum atomic E-state index is 4.17. The molecule has 1 heterocycles. The average Bonchev–Trinajstić information content (AvgIpc) is 2.88. The third-order valence-electron chi connectivity index (χ3n) is 3.52. The second-order valence-electron chi connectivity index (χ2n) is 5.32. The van der Waals surface area contributed by atoms with Crippen molar-refractivity contribution in [3.8, 4) is 0 Å². The molecule has 20 heavy (non-hydrogen) atoms. The topological polar surface area (TPSA) is 25.8 Å². The standard InChI is InChI=1S/C17H24N2S/c1-15-18-19-17(20-15)14-10-5-3-2-4-7-11-16-12-8-6-9-13-16/h6,8-9,12-13H,2-5,7,10-11,14H2,1H3. The van der Waals surface area contributed by atoms with Crippen LogP contribution in [-0.2, 0) is 12.8 Å². The first-order valence-corrected chi connectivity index (χ1v) is 8.49. The summed E-state index contributed by atoms with van der Waals surface area (Å²) in [6.07, 6.45) is 10.3. The first-order chi connectivity index (χ1) is 9.84. The second-order valence-corrected chi connectivity index (χ2v) is 6.59. The van der Waals surface area contributed by atoms with Crippen LogP contribution in [0.1, 0.15) is 54.1 Å². The van der Waals surface area contributed by atoms with E-state index in [0.29, 0.717) is 0 Å². The highest BCUT2D eigenvalue weighted by Gasteiger charge is 2.00. The summed E-state index contributed by atoms with van der Waals surface area (Å²) in [7, 11) is 0. The molecule has 0 saturated carbocycles. The molecule has 0 N–H and O–H groups in total. The molecule has 0 aliphatic carbocycles. The molecule has 0 aliphatic heterocycles. The van der Waals surface area contributed by atoms with E-state index in [1.54, 1.807) is 11.3 Å². The van der Waals surface area contributed by atoms with Crippen LogP contribution in [0.5, 0.6) is 0 Å². The van der Waals surface area contributed by atoms with Gasteiger partial charge in [0.1, 0.15) is 10.0 Å². The Labute approximate surface area is 126 Å². The number of aryl methyl sites for hydroxylation is 3. The fourth-order valence-corrected chi connectivity index (χ4v) is 3.15. The molecule has 0 saturated heterocycles. The van der Waals surface area contributed by atoms with Crippen LogP contribution in [0.15, 0.2) is 30.3 Å². The summed E-state index contributed by atoms with van der Waals surface area (Å²) < 4.78 is 0.